The third-order valence-electron chi connectivity index (χ3n) is 4.89. The van der Waals surface area contributed by atoms with Crippen molar-refractivity contribution in [1.82, 2.24) is 9.62 Å². The molecule has 0 unspecified atom stereocenters. The Balaban J connectivity index is 1.54. The molecule has 1 saturated heterocycles. The van der Waals surface area contributed by atoms with Gasteiger partial charge in [0.2, 0.25) is 5.91 Å². The molecule has 0 radical (unpaired) electrons. The number of sulfonamides is 1. The third kappa shape index (κ3) is 3.59. The van der Waals surface area contributed by atoms with Crippen LogP contribution in [0.4, 0.5) is 0 Å². The highest BCUT2D eigenvalue weighted by Crippen LogP contribution is 2.34. The van der Waals surface area contributed by atoms with E-state index in [4.69, 9.17) is 16.3 Å². The summed E-state index contributed by atoms with van der Waals surface area (Å²) in [4.78, 5) is 12.9. The zero-order valence-corrected chi connectivity index (χ0v) is 16.8. The zero-order chi connectivity index (χ0) is 19.0. The fourth-order valence-corrected chi connectivity index (χ4v) is 6.87. The number of benzene rings is 1. The predicted octanol–water partition coefficient (Wildman–Crippen LogP) is 3.19. The highest BCUT2D eigenvalue weighted by atomic mass is 35.5. The van der Waals surface area contributed by atoms with Gasteiger partial charge in [0.1, 0.15) is 16.0 Å². The fourth-order valence-electron chi connectivity index (χ4n) is 3.60. The van der Waals surface area contributed by atoms with Crippen molar-refractivity contribution in [2.24, 2.45) is 0 Å². The third-order valence-corrected chi connectivity index (χ3v) is 8.50. The molecule has 1 N–H and O–H groups in total. The molecular weight excluding hydrogens is 408 g/mol. The summed E-state index contributed by atoms with van der Waals surface area (Å²) in [6.45, 7) is 0.850. The molecule has 4 rings (SSSR count). The quantitative estimate of drug-likeness (QED) is 0.814. The Bertz CT molecular complexity index is 960. The first-order chi connectivity index (χ1) is 13.0. The van der Waals surface area contributed by atoms with E-state index in [1.54, 1.807) is 6.07 Å². The van der Waals surface area contributed by atoms with Crippen LogP contribution in [0.25, 0.3) is 0 Å². The molecule has 0 aliphatic carbocycles. The molecule has 3 heterocycles. The van der Waals surface area contributed by atoms with Crippen molar-refractivity contribution in [1.29, 1.82) is 0 Å². The minimum atomic E-state index is -3.73. The van der Waals surface area contributed by atoms with E-state index in [-0.39, 0.29) is 16.2 Å². The summed E-state index contributed by atoms with van der Waals surface area (Å²) < 4.78 is 33.4. The van der Waals surface area contributed by atoms with E-state index in [9.17, 15) is 13.2 Å². The van der Waals surface area contributed by atoms with Crippen LogP contribution in [0.15, 0.2) is 40.6 Å². The summed E-state index contributed by atoms with van der Waals surface area (Å²) in [5, 5.41) is 3.03. The Kier molecular flexibility index (Phi) is 5.15. The predicted molar refractivity (Wildman–Crippen MR) is 104 cm³/mol. The zero-order valence-electron chi connectivity index (χ0n) is 14.4. The number of nitrogens with one attached hydrogen (secondary N) is 1. The van der Waals surface area contributed by atoms with Gasteiger partial charge in [0, 0.05) is 18.5 Å². The summed E-state index contributed by atoms with van der Waals surface area (Å²) >= 11 is 6.90. The van der Waals surface area contributed by atoms with Gasteiger partial charge >= 0.3 is 0 Å². The summed E-state index contributed by atoms with van der Waals surface area (Å²) in [6, 6.07) is 9.76. The summed E-state index contributed by atoms with van der Waals surface area (Å²) in [6.07, 6.45) is 1.82. The highest BCUT2D eigenvalue weighted by molar-refractivity contribution is 7.91. The Morgan fingerprint density at radius 2 is 2.04 bits per heavy atom. The topological polar surface area (TPSA) is 75.7 Å². The highest BCUT2D eigenvalue weighted by Gasteiger charge is 2.41. The minimum absolute atomic E-state index is 0.170. The monoisotopic (exact) mass is 426 g/mol. The van der Waals surface area contributed by atoms with Gasteiger partial charge in [-0.3, -0.25) is 4.79 Å². The first-order valence-electron chi connectivity index (χ1n) is 8.76. The van der Waals surface area contributed by atoms with Crippen LogP contribution in [0, 0.1) is 0 Å². The van der Waals surface area contributed by atoms with Crippen LogP contribution in [0.3, 0.4) is 0 Å². The van der Waals surface area contributed by atoms with Gasteiger partial charge in [0.15, 0.2) is 0 Å². The number of thiophene rings is 1. The number of halogens is 1. The molecule has 0 bridgehead atoms. The molecule has 6 nitrogen and oxygen atoms in total. The Labute approximate surface area is 167 Å². The van der Waals surface area contributed by atoms with Gasteiger partial charge in [-0.05, 0) is 31.0 Å². The normalized spacial score (nSPS) is 22.9. The molecule has 0 spiro atoms. The first kappa shape index (κ1) is 18.7. The molecule has 144 valence electrons. The number of rotatable bonds is 4. The maximum absolute atomic E-state index is 12.9. The number of hydrogen-bond donors (Lipinski definition) is 1. The maximum atomic E-state index is 12.9. The lowest BCUT2D eigenvalue weighted by molar-refractivity contribution is -0.125. The van der Waals surface area contributed by atoms with Crippen molar-refractivity contribution in [3.63, 3.8) is 0 Å². The molecule has 27 heavy (non-hydrogen) atoms. The van der Waals surface area contributed by atoms with Gasteiger partial charge in [-0.1, -0.05) is 29.8 Å². The summed E-state index contributed by atoms with van der Waals surface area (Å²) in [5.74, 6) is 0.499. The van der Waals surface area contributed by atoms with Crippen molar-refractivity contribution >= 4 is 38.9 Å². The lowest BCUT2D eigenvalue weighted by atomic mass is 10.00. The van der Waals surface area contributed by atoms with Crippen LogP contribution in [-0.4, -0.2) is 37.8 Å². The van der Waals surface area contributed by atoms with Crippen molar-refractivity contribution in [2.45, 2.75) is 35.6 Å². The summed E-state index contributed by atoms with van der Waals surface area (Å²) in [7, 11) is -3.73. The first-order valence-corrected chi connectivity index (χ1v) is 11.4. The molecule has 2 aliphatic rings. The molecule has 9 heteroatoms. The number of para-hydroxylation sites is 1. The number of carbonyl (C=O) groups is 1. The van der Waals surface area contributed by atoms with Crippen molar-refractivity contribution in [3.05, 3.63) is 46.3 Å². The van der Waals surface area contributed by atoms with Crippen LogP contribution in [-0.2, 0) is 14.8 Å². The van der Waals surface area contributed by atoms with Gasteiger partial charge < -0.3 is 10.1 Å². The second-order valence-electron chi connectivity index (χ2n) is 6.57. The smallest absolute Gasteiger partial charge is 0.253 e. The van der Waals surface area contributed by atoms with E-state index in [2.05, 4.69) is 5.32 Å². The number of carbonyl (C=O) groups excluding carboxylic acids is 1. The SMILES string of the molecule is O=C(N[C@@H]1CCOc2ccccc21)[C@@H]1CCCN1S(=O)(=O)c1ccc(Cl)s1. The van der Waals surface area contributed by atoms with Crippen molar-refractivity contribution < 1.29 is 17.9 Å². The number of ether oxygens (including phenoxy) is 1. The molecule has 1 aromatic carbocycles. The molecule has 2 atom stereocenters. The van der Waals surface area contributed by atoms with Gasteiger partial charge in [0.05, 0.1) is 17.0 Å². The Morgan fingerprint density at radius 3 is 2.81 bits per heavy atom. The lowest BCUT2D eigenvalue weighted by Gasteiger charge is -2.29. The summed E-state index contributed by atoms with van der Waals surface area (Å²) in [5.41, 5.74) is 0.926. The molecule has 0 saturated carbocycles. The molecule has 1 aromatic heterocycles. The Morgan fingerprint density at radius 1 is 1.22 bits per heavy atom. The van der Waals surface area contributed by atoms with E-state index in [1.807, 2.05) is 24.3 Å². The molecule has 1 fully saturated rings. The molecular formula is C18H19ClN2O4S2. The number of fused-ring (bicyclic) bond motifs is 1. The number of hydrogen-bond acceptors (Lipinski definition) is 5. The van der Waals surface area contributed by atoms with Gasteiger partial charge in [0.25, 0.3) is 10.0 Å². The van der Waals surface area contributed by atoms with E-state index >= 15 is 0 Å². The van der Waals surface area contributed by atoms with E-state index in [0.29, 0.717) is 36.8 Å². The molecule has 2 aromatic rings. The van der Waals surface area contributed by atoms with Crippen molar-refractivity contribution in [2.75, 3.05) is 13.2 Å². The van der Waals surface area contributed by atoms with E-state index < -0.39 is 16.1 Å². The maximum Gasteiger partial charge on any atom is 0.253 e. The average molecular weight is 427 g/mol. The number of nitrogens with zero attached hydrogens (tertiary/aromatic N) is 1. The van der Waals surface area contributed by atoms with Gasteiger partial charge in [-0.15, -0.1) is 11.3 Å². The van der Waals surface area contributed by atoms with E-state index in [1.165, 1.54) is 10.4 Å². The second-order valence-corrected chi connectivity index (χ2v) is 10.4. The minimum Gasteiger partial charge on any atom is -0.493 e. The Hall–Kier alpha value is -1.61. The van der Waals surface area contributed by atoms with Crippen LogP contribution >= 0.6 is 22.9 Å². The van der Waals surface area contributed by atoms with Crippen molar-refractivity contribution in [3.8, 4) is 5.75 Å². The van der Waals surface area contributed by atoms with Gasteiger partial charge in [-0.2, -0.15) is 4.31 Å². The second kappa shape index (κ2) is 7.43. The number of amides is 1. The fraction of sp³-hybridized carbons (Fsp3) is 0.389. The molecule has 1 amide bonds. The largest absolute Gasteiger partial charge is 0.493 e. The van der Waals surface area contributed by atoms with Crippen LogP contribution in [0.2, 0.25) is 4.34 Å². The van der Waals surface area contributed by atoms with Crippen LogP contribution in [0.5, 0.6) is 5.75 Å². The standard InChI is InChI=1S/C18H19ClN2O4S2/c19-16-7-8-17(26-16)27(23,24)21-10-3-5-14(21)18(22)20-13-9-11-25-15-6-2-1-4-12(13)15/h1-2,4,6-8,13-14H,3,5,9-11H2,(H,20,22)/t13-,14+/m1/s1. The lowest BCUT2D eigenvalue weighted by Crippen LogP contribution is -2.47. The average Bonchev–Trinajstić information content (AvgIpc) is 3.32. The van der Waals surface area contributed by atoms with Gasteiger partial charge in [-0.25, -0.2) is 8.42 Å². The van der Waals surface area contributed by atoms with Crippen LogP contribution in [0.1, 0.15) is 30.9 Å². The van der Waals surface area contributed by atoms with E-state index in [0.717, 1.165) is 22.6 Å². The van der Waals surface area contributed by atoms with Crippen LogP contribution < -0.4 is 10.1 Å². The molecule has 2 aliphatic heterocycles.